The van der Waals surface area contributed by atoms with E-state index in [0.717, 1.165) is 38.5 Å². The fourth-order valence-corrected chi connectivity index (χ4v) is 11.9. The monoisotopic (exact) mass is 1100 g/mol. The van der Waals surface area contributed by atoms with E-state index in [4.69, 9.17) is 4.74 Å². The van der Waals surface area contributed by atoms with Crippen LogP contribution in [0.3, 0.4) is 0 Å². The van der Waals surface area contributed by atoms with Gasteiger partial charge in [-0.25, -0.2) is 0 Å². The number of carbonyl (C=O) groups is 2. The fraction of sp³-hybridized carbons (Fsp3) is 0.972. The summed E-state index contributed by atoms with van der Waals surface area (Å²) < 4.78 is 5.51. The summed E-state index contributed by atoms with van der Waals surface area (Å²) >= 11 is 0. The van der Waals surface area contributed by atoms with Crippen molar-refractivity contribution in [2.45, 2.75) is 437 Å². The molecule has 2 unspecified atom stereocenters. The van der Waals surface area contributed by atoms with Crippen molar-refractivity contribution in [3.63, 3.8) is 0 Å². The molecule has 0 aliphatic carbocycles. The van der Waals surface area contributed by atoms with Crippen molar-refractivity contribution in [3.8, 4) is 0 Å². The smallest absolute Gasteiger partial charge is 0.305 e. The summed E-state index contributed by atoms with van der Waals surface area (Å²) in [6.07, 6.45) is 83.0. The second-order valence-electron chi connectivity index (χ2n) is 25.3. The summed E-state index contributed by atoms with van der Waals surface area (Å²) in [6, 6.07) is -0.538. The van der Waals surface area contributed by atoms with Gasteiger partial charge >= 0.3 is 5.97 Å². The lowest BCUT2D eigenvalue weighted by atomic mass is 10.0. The lowest BCUT2D eigenvalue weighted by Crippen LogP contribution is -2.45. The summed E-state index contributed by atoms with van der Waals surface area (Å²) in [5.41, 5.74) is 0. The van der Waals surface area contributed by atoms with E-state index < -0.39 is 12.1 Å². The highest BCUT2D eigenvalue weighted by Gasteiger charge is 2.20. The maximum Gasteiger partial charge on any atom is 0.305 e. The van der Waals surface area contributed by atoms with Crippen LogP contribution < -0.4 is 5.32 Å². The van der Waals surface area contributed by atoms with Crippen molar-refractivity contribution in [2.75, 3.05) is 13.2 Å². The van der Waals surface area contributed by atoms with Gasteiger partial charge < -0.3 is 20.3 Å². The zero-order valence-electron chi connectivity index (χ0n) is 53.4. The van der Waals surface area contributed by atoms with E-state index in [2.05, 4.69) is 19.2 Å². The first-order valence-electron chi connectivity index (χ1n) is 36.3. The summed E-state index contributed by atoms with van der Waals surface area (Å²) in [6.45, 7) is 5.01. The van der Waals surface area contributed by atoms with Gasteiger partial charge in [0.25, 0.3) is 0 Å². The number of ether oxygens (including phenoxy) is 1. The van der Waals surface area contributed by atoms with E-state index in [1.165, 1.54) is 353 Å². The van der Waals surface area contributed by atoms with Crippen molar-refractivity contribution in [2.24, 2.45) is 0 Å². The average molecular weight is 1100 g/mol. The van der Waals surface area contributed by atoms with Crippen molar-refractivity contribution in [1.82, 2.24) is 5.32 Å². The highest BCUT2D eigenvalue weighted by molar-refractivity contribution is 5.76. The largest absolute Gasteiger partial charge is 0.466 e. The Morgan fingerprint density at radius 2 is 0.526 bits per heavy atom. The van der Waals surface area contributed by atoms with Gasteiger partial charge in [0.1, 0.15) is 0 Å². The SMILES string of the molecule is CCCCCCCCCCCCCCCCCCCC(O)C(CO)NC(=O)CCCCCCCCCCCCCCCCCCCCCCCCCCCCCCOC(=O)CCCCCCCCCCCCCCCCCC. The number of aliphatic hydroxyl groups is 2. The van der Waals surface area contributed by atoms with Crippen molar-refractivity contribution in [3.05, 3.63) is 0 Å². The Kier molecular flexibility index (Phi) is 67.4. The molecule has 466 valence electrons. The minimum Gasteiger partial charge on any atom is -0.466 e. The third kappa shape index (κ3) is 64.0. The van der Waals surface area contributed by atoms with Crippen LogP contribution in [0.4, 0.5) is 0 Å². The second kappa shape index (κ2) is 68.4. The Bertz CT molecular complexity index is 1130. The predicted octanol–water partition coefficient (Wildman–Crippen LogP) is 23.4. The van der Waals surface area contributed by atoms with Crippen LogP contribution in [0.5, 0.6) is 0 Å². The molecule has 0 aromatic carbocycles. The first-order chi connectivity index (χ1) is 38.5. The van der Waals surface area contributed by atoms with Crippen LogP contribution >= 0.6 is 0 Å². The molecule has 0 aromatic heterocycles. The number of nitrogens with one attached hydrogen (secondary N) is 1. The highest BCUT2D eigenvalue weighted by atomic mass is 16.5. The highest BCUT2D eigenvalue weighted by Crippen LogP contribution is 2.20. The molecular formula is C72H143NO5. The van der Waals surface area contributed by atoms with Crippen LogP contribution in [0.15, 0.2) is 0 Å². The quantitative estimate of drug-likeness (QED) is 0.0417. The van der Waals surface area contributed by atoms with Crippen molar-refractivity contribution in [1.29, 1.82) is 0 Å². The van der Waals surface area contributed by atoms with Gasteiger partial charge in [-0.2, -0.15) is 0 Å². The van der Waals surface area contributed by atoms with E-state index in [1.54, 1.807) is 0 Å². The van der Waals surface area contributed by atoms with Crippen LogP contribution in [0.25, 0.3) is 0 Å². The molecule has 3 N–H and O–H groups in total. The van der Waals surface area contributed by atoms with Gasteiger partial charge in [0.15, 0.2) is 0 Å². The zero-order valence-corrected chi connectivity index (χ0v) is 53.4. The maximum atomic E-state index is 12.5. The molecule has 78 heavy (non-hydrogen) atoms. The van der Waals surface area contributed by atoms with Crippen LogP contribution in [0, 0.1) is 0 Å². The molecule has 1 amide bonds. The summed E-state index contributed by atoms with van der Waals surface area (Å²) in [5, 5.41) is 23.4. The molecule has 0 aliphatic rings. The molecule has 0 bridgehead atoms. The summed E-state index contributed by atoms with van der Waals surface area (Å²) in [4.78, 5) is 24.6. The van der Waals surface area contributed by atoms with Gasteiger partial charge in [-0.1, -0.05) is 386 Å². The molecule has 0 rings (SSSR count). The topological polar surface area (TPSA) is 95.9 Å². The minimum absolute atomic E-state index is 0.0236. The number of aliphatic hydroxyl groups excluding tert-OH is 2. The third-order valence-corrected chi connectivity index (χ3v) is 17.4. The molecule has 0 heterocycles. The Morgan fingerprint density at radius 1 is 0.308 bits per heavy atom. The molecule has 0 saturated carbocycles. The average Bonchev–Trinajstić information content (AvgIpc) is 3.44. The first kappa shape index (κ1) is 76.9. The predicted molar refractivity (Wildman–Crippen MR) is 343 cm³/mol. The van der Waals surface area contributed by atoms with Crippen LogP contribution in [0.2, 0.25) is 0 Å². The van der Waals surface area contributed by atoms with E-state index in [1.807, 2.05) is 0 Å². The fourth-order valence-electron chi connectivity index (χ4n) is 11.9. The molecule has 0 aliphatic heterocycles. The van der Waals surface area contributed by atoms with E-state index in [0.29, 0.717) is 25.9 Å². The number of carbonyl (C=O) groups excluding carboxylic acids is 2. The number of hydrogen-bond donors (Lipinski definition) is 3. The van der Waals surface area contributed by atoms with Crippen LogP contribution in [-0.4, -0.2) is 47.4 Å². The van der Waals surface area contributed by atoms with Gasteiger partial charge in [-0.05, 0) is 25.7 Å². The van der Waals surface area contributed by atoms with E-state index >= 15 is 0 Å². The Morgan fingerprint density at radius 3 is 0.782 bits per heavy atom. The first-order valence-corrected chi connectivity index (χ1v) is 36.3. The number of esters is 1. The van der Waals surface area contributed by atoms with E-state index in [-0.39, 0.29) is 18.5 Å². The molecule has 0 radical (unpaired) electrons. The maximum absolute atomic E-state index is 12.5. The molecule has 0 spiro atoms. The van der Waals surface area contributed by atoms with Gasteiger partial charge in [-0.15, -0.1) is 0 Å². The van der Waals surface area contributed by atoms with Crippen LogP contribution in [-0.2, 0) is 14.3 Å². The summed E-state index contributed by atoms with van der Waals surface area (Å²) in [5.74, 6) is -0.00354. The van der Waals surface area contributed by atoms with Crippen molar-refractivity contribution >= 4 is 11.9 Å². The van der Waals surface area contributed by atoms with Crippen molar-refractivity contribution < 1.29 is 24.5 Å². The lowest BCUT2D eigenvalue weighted by Gasteiger charge is -2.22. The normalized spacial score (nSPS) is 12.4. The Balaban J connectivity index is 3.32. The number of rotatable bonds is 69. The Hall–Kier alpha value is -1.14. The molecular weight excluding hydrogens is 959 g/mol. The van der Waals surface area contributed by atoms with Gasteiger partial charge in [-0.3, -0.25) is 9.59 Å². The molecule has 0 fully saturated rings. The van der Waals surface area contributed by atoms with E-state index in [9.17, 15) is 19.8 Å². The van der Waals surface area contributed by atoms with Gasteiger partial charge in [0, 0.05) is 12.8 Å². The lowest BCUT2D eigenvalue weighted by molar-refractivity contribution is -0.143. The third-order valence-electron chi connectivity index (χ3n) is 17.4. The Labute approximate surface area is 489 Å². The molecule has 0 aromatic rings. The zero-order chi connectivity index (χ0) is 56.4. The molecule has 2 atom stereocenters. The molecule has 6 heteroatoms. The standard InChI is InChI=1S/C72H143NO5/c1-3-5-7-9-11-13-15-17-19-33-36-40-44-48-52-56-60-64-70(75)69(68-74)73-71(76)65-61-57-53-49-45-41-37-34-31-29-27-25-23-21-22-24-26-28-30-32-35-39-43-47-51-55-59-63-67-78-72(77)66-62-58-54-50-46-42-38-20-18-16-14-12-10-8-6-4-2/h69-70,74-75H,3-68H2,1-2H3,(H,73,76). The second-order valence-corrected chi connectivity index (χ2v) is 25.3. The molecule has 0 saturated heterocycles. The van der Waals surface area contributed by atoms with Crippen LogP contribution in [0.1, 0.15) is 425 Å². The number of amides is 1. The van der Waals surface area contributed by atoms with Gasteiger partial charge in [0.2, 0.25) is 5.91 Å². The number of hydrogen-bond acceptors (Lipinski definition) is 5. The summed E-state index contributed by atoms with van der Waals surface area (Å²) in [7, 11) is 0. The number of unbranched alkanes of at least 4 members (excludes halogenated alkanes) is 58. The molecule has 6 nitrogen and oxygen atoms in total. The minimum atomic E-state index is -0.661. The van der Waals surface area contributed by atoms with Gasteiger partial charge in [0.05, 0.1) is 25.4 Å².